The summed E-state index contributed by atoms with van der Waals surface area (Å²) in [7, 11) is -3.89. The molecule has 0 radical (unpaired) electrons. The predicted octanol–water partition coefficient (Wildman–Crippen LogP) is 1.54. The second kappa shape index (κ2) is 5.74. The summed E-state index contributed by atoms with van der Waals surface area (Å²) >= 11 is 0. The molecule has 20 heavy (non-hydrogen) atoms. The van der Waals surface area contributed by atoms with Crippen LogP contribution in [0.4, 0.5) is 5.69 Å². The largest absolute Gasteiger partial charge is 0.380 e. The maximum atomic E-state index is 11.9. The molecule has 0 atom stereocenters. The van der Waals surface area contributed by atoms with Gasteiger partial charge in [0.05, 0.1) is 5.69 Å². The van der Waals surface area contributed by atoms with E-state index in [0.717, 1.165) is 0 Å². The van der Waals surface area contributed by atoms with Gasteiger partial charge in [0.1, 0.15) is 17.7 Å². The lowest BCUT2D eigenvalue weighted by Crippen LogP contribution is -2.14. The first-order valence-corrected chi connectivity index (χ1v) is 7.22. The van der Waals surface area contributed by atoms with E-state index < -0.39 is 15.9 Å². The molecule has 0 aliphatic carbocycles. The van der Waals surface area contributed by atoms with E-state index in [0.29, 0.717) is 0 Å². The number of para-hydroxylation sites is 2. The second-order valence-corrected chi connectivity index (χ2v) is 5.52. The molecule has 1 heterocycles. The zero-order valence-electron chi connectivity index (χ0n) is 10.6. The molecule has 1 N–H and O–H groups in total. The summed E-state index contributed by atoms with van der Waals surface area (Å²) in [6.07, 6.45) is 1.27. The minimum Gasteiger partial charge on any atom is -0.380 e. The number of carbonyl (C=O) groups is 1. The van der Waals surface area contributed by atoms with Crippen molar-refractivity contribution >= 4 is 21.7 Å². The molecule has 1 aromatic heterocycles. The molecule has 0 fully saturated rings. The van der Waals surface area contributed by atoms with Gasteiger partial charge >= 0.3 is 10.1 Å². The van der Waals surface area contributed by atoms with Crippen LogP contribution in [0.1, 0.15) is 12.6 Å². The van der Waals surface area contributed by atoms with Crippen LogP contribution < -0.4 is 9.50 Å². The summed E-state index contributed by atoms with van der Waals surface area (Å²) in [6, 6.07) is 7.68. The summed E-state index contributed by atoms with van der Waals surface area (Å²) < 4.78 is 33.3. The maximum absolute atomic E-state index is 11.9. The average Bonchev–Trinajstić information content (AvgIpc) is 2.82. The number of aromatic nitrogens is 1. The lowest BCUT2D eigenvalue weighted by atomic mass is 10.3. The van der Waals surface area contributed by atoms with Crippen molar-refractivity contribution < 1.29 is 21.9 Å². The van der Waals surface area contributed by atoms with Gasteiger partial charge in [-0.3, -0.25) is 4.79 Å². The van der Waals surface area contributed by atoms with Crippen LogP contribution in [-0.2, 0) is 20.7 Å². The lowest BCUT2D eigenvalue weighted by molar-refractivity contribution is -0.114. The van der Waals surface area contributed by atoms with E-state index in [4.69, 9.17) is 4.18 Å². The lowest BCUT2D eigenvalue weighted by Gasteiger charge is -2.10. The van der Waals surface area contributed by atoms with Crippen LogP contribution in [0.3, 0.4) is 0 Å². The number of rotatable bonds is 5. The van der Waals surface area contributed by atoms with E-state index in [1.807, 2.05) is 0 Å². The van der Waals surface area contributed by atoms with Gasteiger partial charge in [-0.1, -0.05) is 17.3 Å². The van der Waals surface area contributed by atoms with E-state index in [1.165, 1.54) is 25.3 Å². The van der Waals surface area contributed by atoms with E-state index >= 15 is 0 Å². The van der Waals surface area contributed by atoms with Crippen LogP contribution in [-0.4, -0.2) is 19.5 Å². The highest BCUT2D eigenvalue weighted by Gasteiger charge is 2.18. The number of amides is 1. The van der Waals surface area contributed by atoms with Crippen LogP contribution in [0.15, 0.2) is 41.1 Å². The van der Waals surface area contributed by atoms with Crippen molar-refractivity contribution in [2.45, 2.75) is 12.7 Å². The number of carbonyl (C=O) groups excluding carboxylic acids is 1. The highest BCUT2D eigenvalue weighted by Crippen LogP contribution is 2.25. The molecule has 2 rings (SSSR count). The molecule has 2 aromatic rings. The molecule has 0 saturated heterocycles. The van der Waals surface area contributed by atoms with Gasteiger partial charge < -0.3 is 14.0 Å². The molecular weight excluding hydrogens is 284 g/mol. The van der Waals surface area contributed by atoms with Crippen LogP contribution in [0.5, 0.6) is 5.75 Å². The standard InChI is InChI=1S/C12H12N2O5S/c1-9(15)13-11-4-2-3-5-12(11)19-20(16,17)8-10-6-7-18-14-10/h2-7H,8H2,1H3,(H,13,15). The van der Waals surface area contributed by atoms with Crippen LogP contribution in [0, 0.1) is 0 Å². The molecule has 8 heteroatoms. The number of benzene rings is 1. The maximum Gasteiger partial charge on any atom is 0.315 e. The van der Waals surface area contributed by atoms with Gasteiger partial charge in [-0.2, -0.15) is 8.42 Å². The van der Waals surface area contributed by atoms with Gasteiger partial charge in [0.2, 0.25) is 5.91 Å². The molecule has 106 valence electrons. The van der Waals surface area contributed by atoms with Crippen LogP contribution in [0.25, 0.3) is 0 Å². The normalized spacial score (nSPS) is 11.1. The topological polar surface area (TPSA) is 98.5 Å². The summed E-state index contributed by atoms with van der Waals surface area (Å²) in [4.78, 5) is 11.0. The van der Waals surface area contributed by atoms with Gasteiger partial charge in [0.15, 0.2) is 5.75 Å². The zero-order valence-corrected chi connectivity index (χ0v) is 11.4. The third-order valence-electron chi connectivity index (χ3n) is 2.23. The van der Waals surface area contributed by atoms with Crippen molar-refractivity contribution in [2.75, 3.05) is 5.32 Å². The second-order valence-electron chi connectivity index (χ2n) is 3.95. The van der Waals surface area contributed by atoms with E-state index in [2.05, 4.69) is 15.0 Å². The van der Waals surface area contributed by atoms with Crippen molar-refractivity contribution in [3.05, 3.63) is 42.3 Å². The summed E-state index contributed by atoms with van der Waals surface area (Å²) in [5.74, 6) is -0.695. The molecule has 0 saturated carbocycles. The number of nitrogens with zero attached hydrogens (tertiary/aromatic N) is 1. The van der Waals surface area contributed by atoms with Crippen LogP contribution in [0.2, 0.25) is 0 Å². The van der Waals surface area contributed by atoms with Crippen LogP contribution >= 0.6 is 0 Å². The van der Waals surface area contributed by atoms with Gasteiger partial charge in [0, 0.05) is 13.0 Å². The number of hydrogen-bond donors (Lipinski definition) is 1. The van der Waals surface area contributed by atoms with E-state index in [-0.39, 0.29) is 23.0 Å². The first-order valence-electron chi connectivity index (χ1n) is 5.64. The zero-order chi connectivity index (χ0) is 14.6. The minimum atomic E-state index is -3.89. The molecule has 7 nitrogen and oxygen atoms in total. The summed E-state index contributed by atoms with van der Waals surface area (Å²) in [5, 5.41) is 6.00. The Labute approximate surface area is 115 Å². The van der Waals surface area contributed by atoms with E-state index in [1.54, 1.807) is 18.2 Å². The molecule has 0 spiro atoms. The van der Waals surface area contributed by atoms with Crippen molar-refractivity contribution in [2.24, 2.45) is 0 Å². The first-order chi connectivity index (χ1) is 9.46. The molecule has 0 aliphatic heterocycles. The fourth-order valence-corrected chi connectivity index (χ4v) is 2.48. The van der Waals surface area contributed by atoms with Crippen molar-refractivity contribution in [3.63, 3.8) is 0 Å². The van der Waals surface area contributed by atoms with Crippen molar-refractivity contribution in [3.8, 4) is 5.75 Å². The predicted molar refractivity (Wildman–Crippen MR) is 70.5 cm³/mol. The van der Waals surface area contributed by atoms with Crippen molar-refractivity contribution in [1.29, 1.82) is 0 Å². The Morgan fingerprint density at radius 2 is 2.10 bits per heavy atom. The summed E-state index contributed by atoms with van der Waals surface area (Å²) in [6.45, 7) is 1.32. The molecule has 1 amide bonds. The van der Waals surface area contributed by atoms with Gasteiger partial charge in [-0.05, 0) is 12.1 Å². The SMILES string of the molecule is CC(=O)Nc1ccccc1OS(=O)(=O)Cc1ccon1. The Kier molecular flexibility index (Phi) is 4.04. The number of hydrogen-bond acceptors (Lipinski definition) is 6. The third-order valence-corrected chi connectivity index (χ3v) is 3.31. The fourth-order valence-electron chi connectivity index (χ4n) is 1.49. The molecule has 0 aliphatic rings. The Bertz CT molecular complexity index is 694. The smallest absolute Gasteiger partial charge is 0.315 e. The molecular formula is C12H12N2O5S. The quantitative estimate of drug-likeness (QED) is 0.840. The third kappa shape index (κ3) is 3.82. The fraction of sp³-hybridized carbons (Fsp3) is 0.167. The van der Waals surface area contributed by atoms with E-state index in [9.17, 15) is 13.2 Å². The minimum absolute atomic E-state index is 0.0474. The monoisotopic (exact) mass is 296 g/mol. The van der Waals surface area contributed by atoms with Crippen molar-refractivity contribution in [1.82, 2.24) is 5.16 Å². The average molecular weight is 296 g/mol. The summed E-state index contributed by atoms with van der Waals surface area (Å²) in [5.41, 5.74) is 0.519. The Hall–Kier alpha value is -2.35. The number of anilines is 1. The molecule has 0 unspecified atom stereocenters. The molecule has 0 bridgehead atoms. The highest BCUT2D eigenvalue weighted by atomic mass is 32.2. The number of nitrogens with one attached hydrogen (secondary N) is 1. The van der Waals surface area contributed by atoms with Gasteiger partial charge in [0.25, 0.3) is 0 Å². The molecule has 1 aromatic carbocycles. The Morgan fingerprint density at radius 3 is 2.75 bits per heavy atom. The van der Waals surface area contributed by atoms with Gasteiger partial charge in [-0.25, -0.2) is 0 Å². The Balaban J connectivity index is 2.18. The highest BCUT2D eigenvalue weighted by molar-refractivity contribution is 7.86. The van der Waals surface area contributed by atoms with Gasteiger partial charge in [-0.15, -0.1) is 0 Å². The first kappa shape index (κ1) is 14.1. The Morgan fingerprint density at radius 1 is 1.35 bits per heavy atom.